The minimum Gasteiger partial charge on any atom is -0.481 e. The molecule has 0 atom stereocenters. The Morgan fingerprint density at radius 3 is 2.84 bits per heavy atom. The molecular weight excluding hydrogens is 246 g/mol. The first kappa shape index (κ1) is 13.1. The van der Waals surface area contributed by atoms with Crippen LogP contribution in [0.5, 0.6) is 0 Å². The number of hydrogen-bond acceptors (Lipinski definition) is 3. The highest BCUT2D eigenvalue weighted by Gasteiger charge is 2.14. The van der Waals surface area contributed by atoms with E-state index < -0.39 is 5.97 Å². The number of amides is 1. The Hall–Kier alpha value is -2.37. The van der Waals surface area contributed by atoms with Crippen LogP contribution in [0.25, 0.3) is 10.9 Å². The van der Waals surface area contributed by atoms with Crippen LogP contribution in [0, 0.1) is 0 Å². The van der Waals surface area contributed by atoms with Crippen LogP contribution in [0.15, 0.2) is 24.3 Å². The van der Waals surface area contributed by atoms with Crippen molar-refractivity contribution in [2.45, 2.75) is 12.8 Å². The molecule has 2 aromatic rings. The van der Waals surface area contributed by atoms with Gasteiger partial charge in [-0.15, -0.1) is 0 Å². The maximum absolute atomic E-state index is 12.0. The number of hydrogen-bond donors (Lipinski definition) is 2. The molecule has 6 heteroatoms. The molecule has 0 aliphatic heterocycles. The van der Waals surface area contributed by atoms with Gasteiger partial charge in [-0.2, -0.15) is 5.10 Å². The lowest BCUT2D eigenvalue weighted by molar-refractivity contribution is -0.138. The number of carbonyl (C=O) groups excluding carboxylic acids is 1. The number of carboxylic acid groups (broad SMARTS) is 1. The first-order chi connectivity index (χ1) is 9.08. The predicted molar refractivity (Wildman–Crippen MR) is 69.7 cm³/mol. The molecule has 1 aromatic heterocycles. The predicted octanol–water partition coefficient (Wildman–Crippen LogP) is 1.04. The minimum atomic E-state index is -0.911. The van der Waals surface area contributed by atoms with Crippen molar-refractivity contribution in [1.82, 2.24) is 15.1 Å². The molecule has 0 fully saturated rings. The number of likely N-dealkylation sites (N-methyl/N-ethyl adjacent to an activating group) is 1. The highest BCUT2D eigenvalue weighted by Crippen LogP contribution is 2.15. The van der Waals surface area contributed by atoms with Crippen LogP contribution in [0.2, 0.25) is 0 Å². The SMILES string of the molecule is CN(CCC(=O)O)C(=O)Cc1[nH]nc2ccccc12. The Labute approximate surface area is 110 Å². The topological polar surface area (TPSA) is 86.3 Å². The molecule has 0 bridgehead atoms. The summed E-state index contributed by atoms with van der Waals surface area (Å²) in [6.45, 7) is 0.209. The Balaban J connectivity index is 2.04. The van der Waals surface area contributed by atoms with E-state index in [4.69, 9.17) is 5.11 Å². The fraction of sp³-hybridized carbons (Fsp3) is 0.308. The molecule has 0 unspecified atom stereocenters. The zero-order valence-corrected chi connectivity index (χ0v) is 10.6. The maximum atomic E-state index is 12.0. The summed E-state index contributed by atoms with van der Waals surface area (Å²) in [7, 11) is 1.60. The molecule has 0 saturated carbocycles. The summed E-state index contributed by atoms with van der Waals surface area (Å²) in [5.74, 6) is -1.04. The normalized spacial score (nSPS) is 10.6. The van der Waals surface area contributed by atoms with Gasteiger partial charge in [-0.05, 0) is 6.07 Å². The van der Waals surface area contributed by atoms with Crippen molar-refractivity contribution >= 4 is 22.8 Å². The summed E-state index contributed by atoms with van der Waals surface area (Å²) in [6.07, 6.45) is 0.141. The van der Waals surface area contributed by atoms with Crippen LogP contribution in [0.3, 0.4) is 0 Å². The van der Waals surface area contributed by atoms with E-state index in [1.54, 1.807) is 7.05 Å². The summed E-state index contributed by atoms with van der Waals surface area (Å²) < 4.78 is 0. The van der Waals surface area contributed by atoms with E-state index in [-0.39, 0.29) is 25.3 Å². The second-order valence-electron chi connectivity index (χ2n) is 4.36. The molecule has 0 aliphatic rings. The molecular formula is C13H15N3O3. The monoisotopic (exact) mass is 261 g/mol. The third-order valence-electron chi connectivity index (χ3n) is 2.96. The summed E-state index contributed by atoms with van der Waals surface area (Å²) in [5.41, 5.74) is 1.57. The summed E-state index contributed by atoms with van der Waals surface area (Å²) in [6, 6.07) is 7.54. The largest absolute Gasteiger partial charge is 0.481 e. The van der Waals surface area contributed by atoms with Crippen molar-refractivity contribution in [3.05, 3.63) is 30.0 Å². The number of fused-ring (bicyclic) bond motifs is 1. The Morgan fingerprint density at radius 2 is 2.11 bits per heavy atom. The minimum absolute atomic E-state index is 0.0496. The lowest BCUT2D eigenvalue weighted by Gasteiger charge is -2.15. The van der Waals surface area contributed by atoms with Gasteiger partial charge in [0.15, 0.2) is 0 Å². The van der Waals surface area contributed by atoms with Crippen LogP contribution in [0.4, 0.5) is 0 Å². The Morgan fingerprint density at radius 1 is 1.37 bits per heavy atom. The smallest absolute Gasteiger partial charge is 0.305 e. The zero-order chi connectivity index (χ0) is 13.8. The maximum Gasteiger partial charge on any atom is 0.305 e. The first-order valence-electron chi connectivity index (χ1n) is 5.95. The van der Waals surface area contributed by atoms with Crippen molar-refractivity contribution in [2.75, 3.05) is 13.6 Å². The standard InChI is InChI=1S/C13H15N3O3/c1-16(7-6-13(18)19)12(17)8-11-9-4-2-3-5-10(9)14-15-11/h2-5H,6-8H2,1H3,(H,14,15)(H,18,19). The van der Waals surface area contributed by atoms with E-state index in [0.29, 0.717) is 0 Å². The second-order valence-corrected chi connectivity index (χ2v) is 4.36. The second kappa shape index (κ2) is 5.51. The fourth-order valence-corrected chi connectivity index (χ4v) is 1.82. The number of aliphatic carboxylic acids is 1. The van der Waals surface area contributed by atoms with Crippen molar-refractivity contribution in [3.63, 3.8) is 0 Å². The summed E-state index contributed by atoms with van der Waals surface area (Å²) in [5, 5.41) is 16.5. The fourth-order valence-electron chi connectivity index (χ4n) is 1.82. The van der Waals surface area contributed by atoms with Gasteiger partial charge in [-0.3, -0.25) is 14.7 Å². The van der Waals surface area contributed by atoms with E-state index in [1.165, 1.54) is 4.90 Å². The molecule has 1 heterocycles. The summed E-state index contributed by atoms with van der Waals surface area (Å²) in [4.78, 5) is 23.8. The number of rotatable bonds is 5. The van der Waals surface area contributed by atoms with Gasteiger partial charge in [-0.25, -0.2) is 0 Å². The Bertz CT molecular complexity index is 606. The highest BCUT2D eigenvalue weighted by molar-refractivity contribution is 5.87. The number of nitrogens with one attached hydrogen (secondary N) is 1. The van der Waals surface area contributed by atoms with Gasteiger partial charge in [-0.1, -0.05) is 18.2 Å². The average Bonchev–Trinajstić information content (AvgIpc) is 2.79. The molecule has 0 aliphatic carbocycles. The number of aromatic nitrogens is 2. The molecule has 2 rings (SSSR count). The molecule has 1 aromatic carbocycles. The van der Waals surface area contributed by atoms with Crippen molar-refractivity contribution in [1.29, 1.82) is 0 Å². The third kappa shape index (κ3) is 3.09. The quantitative estimate of drug-likeness (QED) is 0.842. The molecule has 100 valence electrons. The Kier molecular flexibility index (Phi) is 3.79. The van der Waals surface area contributed by atoms with E-state index in [9.17, 15) is 9.59 Å². The molecule has 0 saturated heterocycles. The molecule has 6 nitrogen and oxygen atoms in total. The van der Waals surface area contributed by atoms with Gasteiger partial charge in [0.05, 0.1) is 24.1 Å². The molecule has 0 radical (unpaired) electrons. The zero-order valence-electron chi connectivity index (χ0n) is 10.6. The van der Waals surface area contributed by atoms with E-state index in [0.717, 1.165) is 16.6 Å². The van der Waals surface area contributed by atoms with Crippen LogP contribution in [-0.4, -0.2) is 45.7 Å². The van der Waals surface area contributed by atoms with Crippen LogP contribution in [0.1, 0.15) is 12.1 Å². The third-order valence-corrected chi connectivity index (χ3v) is 2.96. The lowest BCUT2D eigenvalue weighted by atomic mass is 10.1. The molecule has 1 amide bonds. The summed E-state index contributed by atoms with van der Waals surface area (Å²) >= 11 is 0. The number of nitrogens with zero attached hydrogens (tertiary/aromatic N) is 2. The van der Waals surface area contributed by atoms with Crippen LogP contribution < -0.4 is 0 Å². The van der Waals surface area contributed by atoms with Gasteiger partial charge in [0.2, 0.25) is 5.91 Å². The number of carbonyl (C=O) groups is 2. The van der Waals surface area contributed by atoms with Crippen molar-refractivity contribution in [3.8, 4) is 0 Å². The van der Waals surface area contributed by atoms with Crippen LogP contribution in [-0.2, 0) is 16.0 Å². The first-order valence-corrected chi connectivity index (χ1v) is 5.95. The lowest BCUT2D eigenvalue weighted by Crippen LogP contribution is -2.30. The average molecular weight is 261 g/mol. The number of H-pyrrole nitrogens is 1. The van der Waals surface area contributed by atoms with Crippen molar-refractivity contribution in [2.24, 2.45) is 0 Å². The van der Waals surface area contributed by atoms with E-state index in [1.807, 2.05) is 24.3 Å². The van der Waals surface area contributed by atoms with Gasteiger partial charge in [0.25, 0.3) is 0 Å². The van der Waals surface area contributed by atoms with Gasteiger partial charge in [0, 0.05) is 19.0 Å². The van der Waals surface area contributed by atoms with E-state index >= 15 is 0 Å². The molecule has 19 heavy (non-hydrogen) atoms. The molecule has 2 N–H and O–H groups in total. The number of carboxylic acids is 1. The number of aromatic amines is 1. The van der Waals surface area contributed by atoms with Crippen molar-refractivity contribution < 1.29 is 14.7 Å². The number of benzene rings is 1. The molecule has 0 spiro atoms. The van der Waals surface area contributed by atoms with Gasteiger partial charge in [0.1, 0.15) is 0 Å². The van der Waals surface area contributed by atoms with Gasteiger partial charge < -0.3 is 10.0 Å². The van der Waals surface area contributed by atoms with E-state index in [2.05, 4.69) is 10.2 Å². The highest BCUT2D eigenvalue weighted by atomic mass is 16.4. The van der Waals surface area contributed by atoms with Crippen LogP contribution >= 0.6 is 0 Å². The number of para-hydroxylation sites is 1. The van der Waals surface area contributed by atoms with Gasteiger partial charge >= 0.3 is 5.97 Å².